The van der Waals surface area contributed by atoms with Crippen LogP contribution in [0.3, 0.4) is 0 Å². The van der Waals surface area contributed by atoms with Crippen molar-refractivity contribution >= 4 is 11.7 Å². The van der Waals surface area contributed by atoms with Crippen molar-refractivity contribution in [3.8, 4) is 5.88 Å². The first kappa shape index (κ1) is 24.4. The van der Waals surface area contributed by atoms with E-state index in [0.717, 1.165) is 35.7 Å². The molecule has 4 heterocycles. The highest BCUT2D eigenvalue weighted by Crippen LogP contribution is 2.35. The molecule has 0 bridgehead atoms. The lowest BCUT2D eigenvalue weighted by atomic mass is 9.84. The number of hydrogen-bond donors (Lipinski definition) is 2. The van der Waals surface area contributed by atoms with E-state index in [-0.39, 0.29) is 24.0 Å². The minimum absolute atomic E-state index is 0.0609. The van der Waals surface area contributed by atoms with Gasteiger partial charge < -0.3 is 24.8 Å². The van der Waals surface area contributed by atoms with E-state index in [1.807, 2.05) is 66.7 Å². The van der Waals surface area contributed by atoms with E-state index in [1.54, 1.807) is 6.20 Å². The molecule has 0 saturated carbocycles. The maximum Gasteiger partial charge on any atom is 0.253 e. The van der Waals surface area contributed by atoms with Gasteiger partial charge in [0.05, 0.1) is 35.6 Å². The van der Waals surface area contributed by atoms with Crippen LogP contribution in [0.15, 0.2) is 24.4 Å². The molecule has 2 aromatic heterocycles. The number of aliphatic hydroxyl groups is 1. The van der Waals surface area contributed by atoms with Gasteiger partial charge in [-0.1, -0.05) is 0 Å². The van der Waals surface area contributed by atoms with Gasteiger partial charge in [-0.05, 0) is 66.7 Å². The van der Waals surface area contributed by atoms with Gasteiger partial charge in [-0.15, -0.1) is 0 Å². The summed E-state index contributed by atoms with van der Waals surface area (Å²) in [6, 6.07) is 5.45. The number of nitrogens with zero attached hydrogens (tertiary/aromatic N) is 3. The highest BCUT2D eigenvalue weighted by atomic mass is 16.5. The molecule has 2 aliphatic heterocycles. The number of aromatic nitrogens is 2. The second kappa shape index (κ2) is 8.82. The lowest BCUT2D eigenvalue weighted by Crippen LogP contribution is -2.56. The molecule has 1 atom stereocenters. The van der Waals surface area contributed by atoms with Gasteiger partial charge in [-0.3, -0.25) is 9.78 Å². The molecule has 0 aliphatic carbocycles. The van der Waals surface area contributed by atoms with Gasteiger partial charge in [0.25, 0.3) is 5.91 Å². The quantitative estimate of drug-likeness (QED) is 0.639. The van der Waals surface area contributed by atoms with E-state index in [9.17, 15) is 9.90 Å². The highest BCUT2D eigenvalue weighted by molar-refractivity contribution is 5.94. The van der Waals surface area contributed by atoms with Crippen LogP contribution in [0.2, 0.25) is 0 Å². The molecule has 2 aromatic rings. The Balaban J connectivity index is 1.50. The molecule has 0 radical (unpaired) electrons. The van der Waals surface area contributed by atoms with Crippen LogP contribution in [-0.4, -0.2) is 45.8 Å². The number of pyridine rings is 2. The van der Waals surface area contributed by atoms with Crippen LogP contribution < -0.4 is 15.0 Å². The second-order valence-electron chi connectivity index (χ2n) is 10.7. The average molecular weight is 469 g/mol. The van der Waals surface area contributed by atoms with Gasteiger partial charge in [0, 0.05) is 36.3 Å². The predicted octanol–water partition coefficient (Wildman–Crippen LogP) is 3.73. The van der Waals surface area contributed by atoms with Crippen molar-refractivity contribution in [1.29, 1.82) is 0 Å². The first-order chi connectivity index (χ1) is 15.8. The Labute approximate surface area is 201 Å². The lowest BCUT2D eigenvalue weighted by molar-refractivity contribution is -0.0101. The topological polar surface area (TPSA) is 96.8 Å². The Morgan fingerprint density at radius 1 is 1.29 bits per heavy atom. The maximum absolute atomic E-state index is 13.0. The molecule has 2 N–H and O–H groups in total. The largest absolute Gasteiger partial charge is 0.475 e. The molecule has 1 amide bonds. The second-order valence-corrected chi connectivity index (χ2v) is 10.7. The van der Waals surface area contributed by atoms with Gasteiger partial charge in [-0.2, -0.15) is 4.98 Å². The minimum atomic E-state index is -0.708. The molecule has 4 rings (SSSR count). The van der Waals surface area contributed by atoms with Crippen molar-refractivity contribution in [2.24, 2.45) is 5.92 Å². The predicted molar refractivity (Wildman–Crippen MR) is 130 cm³/mol. The minimum Gasteiger partial charge on any atom is -0.475 e. The summed E-state index contributed by atoms with van der Waals surface area (Å²) < 4.78 is 11.8. The molecule has 1 saturated heterocycles. The van der Waals surface area contributed by atoms with Crippen molar-refractivity contribution in [2.75, 3.05) is 18.0 Å². The van der Waals surface area contributed by atoms with Gasteiger partial charge >= 0.3 is 0 Å². The molecule has 34 heavy (non-hydrogen) atoms. The fourth-order valence-electron chi connectivity index (χ4n) is 4.35. The fraction of sp³-hybridized carbons (Fsp3) is 0.577. The number of amides is 1. The summed E-state index contributed by atoms with van der Waals surface area (Å²) >= 11 is 0. The van der Waals surface area contributed by atoms with Crippen LogP contribution >= 0.6 is 0 Å². The summed E-state index contributed by atoms with van der Waals surface area (Å²) in [5, 5.41) is 13.3. The number of anilines is 1. The molecule has 0 spiro atoms. The molecule has 0 unspecified atom stereocenters. The van der Waals surface area contributed by atoms with E-state index in [0.29, 0.717) is 18.1 Å². The highest BCUT2D eigenvalue weighted by Gasteiger charge is 2.38. The molecule has 1 fully saturated rings. The average Bonchev–Trinajstić information content (AvgIpc) is 2.99. The Morgan fingerprint density at radius 2 is 2.00 bits per heavy atom. The SMILES string of the molecule is CC(C)Oc1nc(N2CC(C(C)(C)O)C2)ccc1[C@H](C)NC(=O)c1cnc2c(c1)COC2(C)C. The van der Waals surface area contributed by atoms with Crippen LogP contribution in [0.5, 0.6) is 5.88 Å². The van der Waals surface area contributed by atoms with Crippen LogP contribution in [0, 0.1) is 5.92 Å². The molecule has 0 aromatic carbocycles. The van der Waals surface area contributed by atoms with Gasteiger partial charge in [-0.25, -0.2) is 0 Å². The Bertz CT molecular complexity index is 1070. The van der Waals surface area contributed by atoms with E-state index in [1.165, 1.54) is 0 Å². The Morgan fingerprint density at radius 3 is 2.65 bits per heavy atom. The lowest BCUT2D eigenvalue weighted by Gasteiger charge is -2.46. The number of hydrogen-bond acceptors (Lipinski definition) is 7. The van der Waals surface area contributed by atoms with Crippen LogP contribution in [0.1, 0.15) is 81.7 Å². The molecule has 2 aliphatic rings. The molecular formula is C26H36N4O4. The van der Waals surface area contributed by atoms with Crippen molar-refractivity contribution in [3.63, 3.8) is 0 Å². The Hall–Kier alpha value is -2.71. The van der Waals surface area contributed by atoms with E-state index >= 15 is 0 Å². The maximum atomic E-state index is 13.0. The summed E-state index contributed by atoms with van der Waals surface area (Å²) in [6.07, 6.45) is 1.54. The number of carbonyl (C=O) groups is 1. The van der Waals surface area contributed by atoms with Gasteiger partial charge in [0.1, 0.15) is 11.4 Å². The van der Waals surface area contributed by atoms with Crippen molar-refractivity contribution in [3.05, 3.63) is 46.8 Å². The van der Waals surface area contributed by atoms with Crippen molar-refractivity contribution in [2.45, 2.75) is 78.4 Å². The summed E-state index contributed by atoms with van der Waals surface area (Å²) in [5.74, 6) is 1.32. The third-order valence-electron chi connectivity index (χ3n) is 6.63. The number of fused-ring (bicyclic) bond motifs is 1. The van der Waals surface area contributed by atoms with Crippen molar-refractivity contribution in [1.82, 2.24) is 15.3 Å². The molecular weight excluding hydrogens is 432 g/mol. The number of rotatable bonds is 7. The third kappa shape index (κ3) is 4.88. The zero-order chi connectivity index (χ0) is 24.8. The third-order valence-corrected chi connectivity index (χ3v) is 6.63. The monoisotopic (exact) mass is 468 g/mol. The first-order valence-electron chi connectivity index (χ1n) is 11.9. The zero-order valence-electron chi connectivity index (χ0n) is 21.2. The van der Waals surface area contributed by atoms with E-state index in [4.69, 9.17) is 14.5 Å². The fourth-order valence-corrected chi connectivity index (χ4v) is 4.35. The van der Waals surface area contributed by atoms with Crippen LogP contribution in [-0.2, 0) is 16.9 Å². The van der Waals surface area contributed by atoms with Gasteiger partial charge in [0.2, 0.25) is 5.88 Å². The number of carbonyl (C=O) groups excluding carboxylic acids is 1. The molecule has 8 heteroatoms. The van der Waals surface area contributed by atoms with Crippen LogP contribution in [0.4, 0.5) is 5.82 Å². The molecule has 184 valence electrons. The normalized spacial score (nSPS) is 18.4. The standard InChI is InChI=1S/C26H36N4O4/c1-15(2)34-24-20(8-9-21(29-24)30-12-19(13-30)25(4,5)32)16(3)28-23(31)17-10-18-14-33-26(6,7)22(18)27-11-17/h8-11,15-16,19,32H,12-14H2,1-7H3,(H,28,31)/t16-/m0/s1. The Kier molecular flexibility index (Phi) is 6.33. The number of ether oxygens (including phenoxy) is 2. The summed E-state index contributed by atoms with van der Waals surface area (Å²) in [6.45, 7) is 15.4. The number of nitrogens with one attached hydrogen (secondary N) is 1. The van der Waals surface area contributed by atoms with Gasteiger partial charge in [0.15, 0.2) is 0 Å². The zero-order valence-corrected chi connectivity index (χ0v) is 21.2. The van der Waals surface area contributed by atoms with Crippen molar-refractivity contribution < 1.29 is 19.4 Å². The first-order valence-corrected chi connectivity index (χ1v) is 11.9. The summed E-state index contributed by atoms with van der Waals surface area (Å²) in [4.78, 5) is 24.4. The summed E-state index contributed by atoms with van der Waals surface area (Å²) in [7, 11) is 0. The molecule has 8 nitrogen and oxygen atoms in total. The van der Waals surface area contributed by atoms with Crippen LogP contribution in [0.25, 0.3) is 0 Å². The van der Waals surface area contributed by atoms with E-state index in [2.05, 4.69) is 15.2 Å². The summed E-state index contributed by atoms with van der Waals surface area (Å²) in [5.41, 5.74) is 1.99. The smallest absolute Gasteiger partial charge is 0.253 e. The van der Waals surface area contributed by atoms with E-state index < -0.39 is 11.2 Å².